The lowest BCUT2D eigenvalue weighted by Crippen LogP contribution is -2.34. The second kappa shape index (κ2) is 5.73. The highest BCUT2D eigenvalue weighted by Crippen LogP contribution is 2.39. The molecule has 1 amide bonds. The summed E-state index contributed by atoms with van der Waals surface area (Å²) in [5.74, 6) is -6.50. The molecule has 2 aromatic rings. The number of alkyl halides is 3. The molecule has 1 aromatic carbocycles. The van der Waals surface area contributed by atoms with Crippen molar-refractivity contribution in [3.63, 3.8) is 0 Å². The fourth-order valence-electron chi connectivity index (χ4n) is 2.83. The van der Waals surface area contributed by atoms with Crippen LogP contribution in [0.5, 0.6) is 0 Å². The molecule has 128 valence electrons. The van der Waals surface area contributed by atoms with Crippen molar-refractivity contribution in [2.24, 2.45) is 11.8 Å². The Morgan fingerprint density at radius 3 is 2.50 bits per heavy atom. The van der Waals surface area contributed by atoms with Gasteiger partial charge in [0.05, 0.1) is 16.7 Å². The van der Waals surface area contributed by atoms with E-state index in [0.29, 0.717) is 10.1 Å². The molecular weight excluding hydrogens is 350 g/mol. The Kier molecular flexibility index (Phi) is 3.98. The molecule has 2 atom stereocenters. The number of amides is 1. The number of carbonyl (C=O) groups excluding carboxylic acids is 1. The number of hydrogen-bond donors (Lipinski definition) is 1. The standard InChI is InChI=1S/C15H11F4NO3S/c16-8-1-2-11-7(3-8)4-12(24-11)13(21)20-5-9(14(22)23)10(6-20)15(17,18)19/h1-4,9-10H,5-6H2,(H,22,23)/t9-,10-/m1/s1. The number of likely N-dealkylation sites (tertiary alicyclic amines) is 1. The van der Waals surface area contributed by atoms with Crippen LogP contribution < -0.4 is 0 Å². The van der Waals surface area contributed by atoms with Crippen molar-refractivity contribution in [3.8, 4) is 0 Å². The Balaban J connectivity index is 1.87. The molecule has 24 heavy (non-hydrogen) atoms. The highest BCUT2D eigenvalue weighted by atomic mass is 32.1. The zero-order chi connectivity index (χ0) is 17.6. The lowest BCUT2D eigenvalue weighted by molar-refractivity contribution is -0.187. The average Bonchev–Trinajstić information content (AvgIpc) is 3.09. The summed E-state index contributed by atoms with van der Waals surface area (Å²) in [4.78, 5) is 24.5. The molecule has 1 N–H and O–H groups in total. The Hall–Kier alpha value is -2.16. The molecule has 1 fully saturated rings. The first-order valence-corrected chi connectivity index (χ1v) is 7.76. The molecule has 9 heteroatoms. The molecule has 1 aromatic heterocycles. The summed E-state index contributed by atoms with van der Waals surface area (Å²) in [6, 6.07) is 5.34. The number of aliphatic carboxylic acids is 1. The van der Waals surface area contributed by atoms with Crippen LogP contribution in [0.2, 0.25) is 0 Å². The maximum absolute atomic E-state index is 13.2. The molecule has 1 aliphatic rings. The van der Waals surface area contributed by atoms with Gasteiger partial charge in [-0.25, -0.2) is 4.39 Å². The number of hydrogen-bond acceptors (Lipinski definition) is 3. The first-order chi connectivity index (χ1) is 11.2. The minimum atomic E-state index is -4.69. The zero-order valence-corrected chi connectivity index (χ0v) is 12.8. The van der Waals surface area contributed by atoms with Crippen LogP contribution in [0.1, 0.15) is 9.67 Å². The molecule has 0 bridgehead atoms. The van der Waals surface area contributed by atoms with Gasteiger partial charge in [0.15, 0.2) is 0 Å². The van der Waals surface area contributed by atoms with Crippen LogP contribution in [0.15, 0.2) is 24.3 Å². The SMILES string of the molecule is O=C(O)[C@@H]1CN(C(=O)c2cc3cc(F)ccc3s2)C[C@H]1C(F)(F)F. The van der Waals surface area contributed by atoms with E-state index in [1.807, 2.05) is 0 Å². The van der Waals surface area contributed by atoms with Crippen molar-refractivity contribution < 1.29 is 32.3 Å². The molecule has 0 saturated carbocycles. The van der Waals surface area contributed by atoms with Gasteiger partial charge in [-0.15, -0.1) is 11.3 Å². The summed E-state index contributed by atoms with van der Waals surface area (Å²) in [6.45, 7) is -1.19. The van der Waals surface area contributed by atoms with Gasteiger partial charge in [-0.1, -0.05) is 0 Å². The normalized spacial score (nSPS) is 21.4. The highest BCUT2D eigenvalue weighted by molar-refractivity contribution is 7.20. The van der Waals surface area contributed by atoms with Crippen LogP contribution in [-0.2, 0) is 4.79 Å². The van der Waals surface area contributed by atoms with Gasteiger partial charge in [-0.05, 0) is 29.7 Å². The molecule has 0 spiro atoms. The summed E-state index contributed by atoms with van der Waals surface area (Å²) in [5, 5.41) is 9.46. The summed E-state index contributed by atoms with van der Waals surface area (Å²) >= 11 is 1.03. The number of thiophene rings is 1. The summed E-state index contributed by atoms with van der Waals surface area (Å²) in [6.07, 6.45) is -4.69. The van der Waals surface area contributed by atoms with Gasteiger partial charge in [0.25, 0.3) is 5.91 Å². The topological polar surface area (TPSA) is 57.6 Å². The predicted molar refractivity (Wildman–Crippen MR) is 78.4 cm³/mol. The summed E-state index contributed by atoms with van der Waals surface area (Å²) in [7, 11) is 0. The number of carboxylic acid groups (broad SMARTS) is 1. The second-order valence-electron chi connectivity index (χ2n) is 5.60. The fourth-order valence-corrected chi connectivity index (χ4v) is 3.84. The third-order valence-corrected chi connectivity index (χ3v) is 5.14. The Labute approximate surface area is 137 Å². The summed E-state index contributed by atoms with van der Waals surface area (Å²) < 4.78 is 52.8. The van der Waals surface area contributed by atoms with Gasteiger partial charge in [-0.2, -0.15) is 13.2 Å². The van der Waals surface area contributed by atoms with Crippen molar-refractivity contribution >= 4 is 33.3 Å². The molecule has 2 heterocycles. The van der Waals surface area contributed by atoms with Gasteiger partial charge >= 0.3 is 12.1 Å². The molecule has 4 nitrogen and oxygen atoms in total. The monoisotopic (exact) mass is 361 g/mol. The van der Waals surface area contributed by atoms with Crippen molar-refractivity contribution in [1.82, 2.24) is 4.90 Å². The number of carboxylic acids is 1. The van der Waals surface area contributed by atoms with Crippen molar-refractivity contribution in [3.05, 3.63) is 35.0 Å². The largest absolute Gasteiger partial charge is 0.481 e. The molecular formula is C15H11F4NO3S. The second-order valence-corrected chi connectivity index (χ2v) is 6.68. The number of halogens is 4. The van der Waals surface area contributed by atoms with Crippen LogP contribution in [0.25, 0.3) is 10.1 Å². The number of benzene rings is 1. The van der Waals surface area contributed by atoms with Crippen LogP contribution >= 0.6 is 11.3 Å². The number of carbonyl (C=O) groups is 2. The minimum Gasteiger partial charge on any atom is -0.481 e. The smallest absolute Gasteiger partial charge is 0.394 e. The van der Waals surface area contributed by atoms with Gasteiger partial charge in [0.2, 0.25) is 0 Å². The number of fused-ring (bicyclic) bond motifs is 1. The Morgan fingerprint density at radius 2 is 1.92 bits per heavy atom. The van der Waals surface area contributed by atoms with Gasteiger partial charge in [-0.3, -0.25) is 9.59 Å². The fraction of sp³-hybridized carbons (Fsp3) is 0.333. The van der Waals surface area contributed by atoms with Crippen LogP contribution in [0.3, 0.4) is 0 Å². The van der Waals surface area contributed by atoms with Gasteiger partial charge in [0.1, 0.15) is 5.82 Å². The molecule has 1 saturated heterocycles. The van der Waals surface area contributed by atoms with E-state index in [1.54, 1.807) is 0 Å². The van der Waals surface area contributed by atoms with Crippen molar-refractivity contribution in [2.45, 2.75) is 6.18 Å². The van der Waals surface area contributed by atoms with E-state index in [1.165, 1.54) is 24.3 Å². The first-order valence-electron chi connectivity index (χ1n) is 6.94. The van der Waals surface area contributed by atoms with Crippen molar-refractivity contribution in [1.29, 1.82) is 0 Å². The van der Waals surface area contributed by atoms with Gasteiger partial charge < -0.3 is 10.0 Å². The molecule has 0 unspecified atom stereocenters. The maximum atomic E-state index is 13.2. The van der Waals surface area contributed by atoms with E-state index in [4.69, 9.17) is 5.11 Å². The van der Waals surface area contributed by atoms with Crippen molar-refractivity contribution in [2.75, 3.05) is 13.1 Å². The number of nitrogens with zero attached hydrogens (tertiary/aromatic N) is 1. The van der Waals surface area contributed by atoms with E-state index >= 15 is 0 Å². The number of rotatable bonds is 2. The molecule has 1 aliphatic heterocycles. The molecule has 0 radical (unpaired) electrons. The average molecular weight is 361 g/mol. The van der Waals surface area contributed by atoms with E-state index in [0.717, 1.165) is 16.2 Å². The Bertz CT molecular complexity index is 817. The first kappa shape index (κ1) is 16.7. The lowest BCUT2D eigenvalue weighted by Gasteiger charge is -2.18. The van der Waals surface area contributed by atoms with Crippen LogP contribution in [-0.4, -0.2) is 41.1 Å². The Morgan fingerprint density at radius 1 is 1.21 bits per heavy atom. The third kappa shape index (κ3) is 2.95. The van der Waals surface area contributed by atoms with Crippen LogP contribution in [0.4, 0.5) is 17.6 Å². The van der Waals surface area contributed by atoms with E-state index in [9.17, 15) is 27.2 Å². The predicted octanol–water partition coefficient (Wildman–Crippen LogP) is 3.38. The highest BCUT2D eigenvalue weighted by Gasteiger charge is 2.53. The van der Waals surface area contributed by atoms with E-state index in [2.05, 4.69) is 0 Å². The molecule has 3 rings (SSSR count). The van der Waals surface area contributed by atoms with Gasteiger partial charge in [0, 0.05) is 17.8 Å². The van der Waals surface area contributed by atoms with Crippen LogP contribution in [0, 0.1) is 17.7 Å². The summed E-state index contributed by atoms with van der Waals surface area (Å²) in [5.41, 5.74) is 0. The zero-order valence-electron chi connectivity index (χ0n) is 12.0. The molecule has 0 aliphatic carbocycles. The van der Waals surface area contributed by atoms with E-state index in [-0.39, 0.29) is 4.88 Å². The minimum absolute atomic E-state index is 0.155. The van der Waals surface area contributed by atoms with E-state index < -0.39 is 48.8 Å². The third-order valence-electron chi connectivity index (χ3n) is 4.03. The quantitative estimate of drug-likeness (QED) is 0.835. The lowest BCUT2D eigenvalue weighted by atomic mass is 9.96. The maximum Gasteiger partial charge on any atom is 0.394 e.